The van der Waals surface area contributed by atoms with Crippen LogP contribution in [0.4, 0.5) is 8.78 Å². The molecule has 0 fully saturated rings. The minimum atomic E-state index is -1.03. The molecule has 0 aliphatic carbocycles. The fourth-order valence-electron chi connectivity index (χ4n) is 1.47. The summed E-state index contributed by atoms with van der Waals surface area (Å²) in [6.45, 7) is 6.87. The third-order valence-electron chi connectivity index (χ3n) is 2.50. The molecule has 0 amide bonds. The molecule has 0 aliphatic rings. The molecular formula is C15H15BrF2O. The first-order chi connectivity index (χ1) is 9.01. The van der Waals surface area contributed by atoms with Gasteiger partial charge in [-0.3, -0.25) is 0 Å². The number of hydrogen-bond acceptors (Lipinski definition) is 1. The van der Waals surface area contributed by atoms with E-state index in [2.05, 4.69) is 22.5 Å². The van der Waals surface area contributed by atoms with Crippen molar-refractivity contribution in [2.24, 2.45) is 0 Å². The van der Waals surface area contributed by atoms with Crippen LogP contribution in [-0.2, 0) is 4.74 Å². The Bertz CT molecular complexity index is 515. The van der Waals surface area contributed by atoms with Crippen LogP contribution < -0.4 is 0 Å². The van der Waals surface area contributed by atoms with Gasteiger partial charge in [-0.2, -0.15) is 4.39 Å². The maximum atomic E-state index is 14.0. The van der Waals surface area contributed by atoms with E-state index in [9.17, 15) is 8.78 Å². The largest absolute Gasteiger partial charge is 0.491 e. The van der Waals surface area contributed by atoms with E-state index < -0.39 is 11.7 Å². The SMILES string of the molecule is C=C/C(OCC)=C(F)\C(F)=C(/C)c1ccc(Br)cc1. The highest BCUT2D eigenvalue weighted by Gasteiger charge is 2.14. The van der Waals surface area contributed by atoms with E-state index in [1.54, 1.807) is 31.2 Å². The van der Waals surface area contributed by atoms with Crippen molar-refractivity contribution in [1.82, 2.24) is 0 Å². The lowest BCUT2D eigenvalue weighted by Crippen LogP contribution is -1.94. The van der Waals surface area contributed by atoms with Crippen LogP contribution in [0.3, 0.4) is 0 Å². The molecule has 1 nitrogen and oxygen atoms in total. The lowest BCUT2D eigenvalue weighted by atomic mass is 10.1. The van der Waals surface area contributed by atoms with Gasteiger partial charge >= 0.3 is 0 Å². The van der Waals surface area contributed by atoms with E-state index in [1.807, 2.05) is 0 Å². The molecule has 0 unspecified atom stereocenters. The van der Waals surface area contributed by atoms with Crippen molar-refractivity contribution in [2.45, 2.75) is 13.8 Å². The van der Waals surface area contributed by atoms with Crippen LogP contribution in [0.1, 0.15) is 19.4 Å². The second-order valence-electron chi connectivity index (χ2n) is 3.76. The summed E-state index contributed by atoms with van der Waals surface area (Å²) in [5.74, 6) is -2.15. The topological polar surface area (TPSA) is 9.23 Å². The molecule has 4 heteroatoms. The Morgan fingerprint density at radius 2 is 1.84 bits per heavy atom. The second-order valence-corrected chi connectivity index (χ2v) is 4.68. The normalized spacial score (nSPS) is 13.5. The van der Waals surface area contributed by atoms with Gasteiger partial charge in [0.2, 0.25) is 5.83 Å². The molecule has 0 bridgehead atoms. The second kappa shape index (κ2) is 7.24. The molecule has 1 rings (SSSR count). The number of allylic oxidation sites excluding steroid dienone is 4. The fourth-order valence-corrected chi connectivity index (χ4v) is 1.73. The van der Waals surface area contributed by atoms with Crippen molar-refractivity contribution in [3.05, 3.63) is 64.4 Å². The van der Waals surface area contributed by atoms with Crippen LogP contribution in [0.2, 0.25) is 0 Å². The lowest BCUT2D eigenvalue weighted by molar-refractivity contribution is 0.230. The van der Waals surface area contributed by atoms with Crippen molar-refractivity contribution in [3.63, 3.8) is 0 Å². The highest BCUT2D eigenvalue weighted by Crippen LogP contribution is 2.28. The number of halogens is 3. The molecule has 102 valence electrons. The smallest absolute Gasteiger partial charge is 0.200 e. The molecule has 0 aliphatic heterocycles. The zero-order valence-corrected chi connectivity index (χ0v) is 12.4. The van der Waals surface area contributed by atoms with Crippen LogP contribution in [0.5, 0.6) is 0 Å². The molecule has 0 saturated carbocycles. The summed E-state index contributed by atoms with van der Waals surface area (Å²) < 4.78 is 33.8. The molecular weight excluding hydrogens is 314 g/mol. The summed E-state index contributed by atoms with van der Waals surface area (Å²) >= 11 is 3.29. The van der Waals surface area contributed by atoms with Gasteiger partial charge in [-0.15, -0.1) is 0 Å². The molecule has 0 atom stereocenters. The average molecular weight is 329 g/mol. The minimum absolute atomic E-state index is 0.184. The van der Waals surface area contributed by atoms with Crippen LogP contribution in [0, 0.1) is 0 Å². The molecule has 0 radical (unpaired) electrons. The zero-order valence-electron chi connectivity index (χ0n) is 10.8. The van der Waals surface area contributed by atoms with E-state index in [0.717, 1.165) is 10.5 Å². The third kappa shape index (κ3) is 4.03. The predicted molar refractivity (Wildman–Crippen MR) is 77.8 cm³/mol. The van der Waals surface area contributed by atoms with E-state index in [1.165, 1.54) is 6.92 Å². The molecule has 0 heterocycles. The van der Waals surface area contributed by atoms with Gasteiger partial charge in [0.1, 0.15) is 0 Å². The van der Waals surface area contributed by atoms with E-state index in [4.69, 9.17) is 4.74 Å². The Morgan fingerprint density at radius 3 is 2.32 bits per heavy atom. The van der Waals surface area contributed by atoms with Crippen LogP contribution in [-0.4, -0.2) is 6.61 Å². The number of rotatable bonds is 5. The van der Waals surface area contributed by atoms with Gasteiger partial charge in [-0.25, -0.2) is 4.39 Å². The average Bonchev–Trinajstić information content (AvgIpc) is 2.43. The summed E-state index contributed by atoms with van der Waals surface area (Å²) in [6.07, 6.45) is 1.16. The van der Waals surface area contributed by atoms with Gasteiger partial charge in [0.05, 0.1) is 6.61 Å². The van der Waals surface area contributed by atoms with Crippen molar-refractivity contribution in [2.75, 3.05) is 6.61 Å². The first-order valence-corrected chi connectivity index (χ1v) is 6.58. The number of benzene rings is 1. The quantitative estimate of drug-likeness (QED) is 0.508. The van der Waals surface area contributed by atoms with Crippen molar-refractivity contribution in [3.8, 4) is 0 Å². The third-order valence-corrected chi connectivity index (χ3v) is 3.03. The van der Waals surface area contributed by atoms with Crippen molar-refractivity contribution in [1.29, 1.82) is 0 Å². The standard InChI is InChI=1S/C15H15BrF2O/c1-4-13(19-5-2)15(18)14(17)10(3)11-6-8-12(16)9-7-11/h4,6-9H,1,5H2,2-3H3/b14-10-,15-13-. The fraction of sp³-hybridized carbons (Fsp3) is 0.200. The van der Waals surface area contributed by atoms with Gasteiger partial charge in [-0.05, 0) is 43.2 Å². The van der Waals surface area contributed by atoms with E-state index in [0.29, 0.717) is 5.56 Å². The summed E-state index contributed by atoms with van der Waals surface area (Å²) in [5.41, 5.74) is 0.819. The Balaban J connectivity index is 3.20. The maximum absolute atomic E-state index is 14.0. The van der Waals surface area contributed by atoms with Crippen LogP contribution in [0.25, 0.3) is 5.57 Å². The molecule has 0 N–H and O–H groups in total. The number of ether oxygens (including phenoxy) is 1. The van der Waals surface area contributed by atoms with Gasteiger partial charge < -0.3 is 4.74 Å². The molecule has 0 spiro atoms. The summed E-state index contributed by atoms with van der Waals surface area (Å²) in [4.78, 5) is 0. The minimum Gasteiger partial charge on any atom is -0.491 e. The molecule has 19 heavy (non-hydrogen) atoms. The molecule has 0 aromatic heterocycles. The molecule has 0 saturated heterocycles. The Morgan fingerprint density at radius 1 is 1.26 bits per heavy atom. The molecule has 1 aromatic rings. The van der Waals surface area contributed by atoms with Crippen molar-refractivity contribution >= 4 is 21.5 Å². The van der Waals surface area contributed by atoms with Crippen LogP contribution >= 0.6 is 15.9 Å². The first-order valence-electron chi connectivity index (χ1n) is 5.79. The zero-order chi connectivity index (χ0) is 14.4. The van der Waals surface area contributed by atoms with Gasteiger partial charge in [0.25, 0.3) is 0 Å². The Kier molecular flexibility index (Phi) is 5.96. The van der Waals surface area contributed by atoms with Crippen LogP contribution in [0.15, 0.2) is 58.8 Å². The van der Waals surface area contributed by atoms with Gasteiger partial charge in [-0.1, -0.05) is 34.6 Å². The lowest BCUT2D eigenvalue weighted by Gasteiger charge is -2.08. The highest BCUT2D eigenvalue weighted by molar-refractivity contribution is 9.10. The van der Waals surface area contributed by atoms with Gasteiger partial charge in [0.15, 0.2) is 11.6 Å². The molecule has 1 aromatic carbocycles. The summed E-state index contributed by atoms with van der Waals surface area (Å²) in [6, 6.07) is 6.95. The van der Waals surface area contributed by atoms with Crippen molar-refractivity contribution < 1.29 is 13.5 Å². The monoisotopic (exact) mass is 328 g/mol. The summed E-state index contributed by atoms with van der Waals surface area (Å²) in [5, 5.41) is 0. The first kappa shape index (κ1) is 15.6. The predicted octanol–water partition coefficient (Wildman–Crippen LogP) is 5.55. The highest BCUT2D eigenvalue weighted by atomic mass is 79.9. The maximum Gasteiger partial charge on any atom is 0.200 e. The summed E-state index contributed by atoms with van der Waals surface area (Å²) in [7, 11) is 0. The van der Waals surface area contributed by atoms with E-state index in [-0.39, 0.29) is 17.9 Å². The Hall–Kier alpha value is -1.42. The van der Waals surface area contributed by atoms with Gasteiger partial charge in [0, 0.05) is 4.47 Å². The number of hydrogen-bond donors (Lipinski definition) is 0. The van der Waals surface area contributed by atoms with E-state index >= 15 is 0 Å². The Labute approximate surface area is 120 Å².